The Bertz CT molecular complexity index is 210. The minimum Gasteiger partial charge on any atom is -0.464 e. The molecule has 0 spiro atoms. The van der Waals surface area contributed by atoms with E-state index in [0.717, 1.165) is 12.8 Å². The predicted octanol–water partition coefficient (Wildman–Crippen LogP) is 2.34. The normalized spacial score (nSPS) is 12.7. The fraction of sp³-hybridized carbons (Fsp3) is 0.917. The summed E-state index contributed by atoms with van der Waals surface area (Å²) in [4.78, 5) is 10.9. The molecular formula is C12H25NO2. The van der Waals surface area contributed by atoms with Crippen molar-refractivity contribution in [3.05, 3.63) is 0 Å². The van der Waals surface area contributed by atoms with E-state index in [9.17, 15) is 4.79 Å². The minimum absolute atomic E-state index is 0.0182. The van der Waals surface area contributed by atoms with Gasteiger partial charge in [0.1, 0.15) is 0 Å². The summed E-state index contributed by atoms with van der Waals surface area (Å²) >= 11 is 0. The van der Waals surface area contributed by atoms with Crippen molar-refractivity contribution in [2.45, 2.75) is 47.5 Å². The zero-order valence-electron chi connectivity index (χ0n) is 10.7. The van der Waals surface area contributed by atoms with E-state index < -0.39 is 0 Å². The third-order valence-electron chi connectivity index (χ3n) is 2.70. The van der Waals surface area contributed by atoms with Gasteiger partial charge < -0.3 is 10.5 Å². The summed E-state index contributed by atoms with van der Waals surface area (Å²) < 4.78 is 5.08. The molecule has 0 aromatic carbocycles. The second-order valence-electron chi connectivity index (χ2n) is 5.72. The Morgan fingerprint density at radius 3 is 2.13 bits per heavy atom. The second kappa shape index (κ2) is 5.50. The molecule has 0 amide bonds. The largest absolute Gasteiger partial charge is 0.464 e. The Balaban J connectivity index is 4.13. The highest BCUT2D eigenvalue weighted by molar-refractivity contribution is 5.71. The lowest BCUT2D eigenvalue weighted by Gasteiger charge is -2.33. The summed E-state index contributed by atoms with van der Waals surface area (Å²) in [6.45, 7) is 11.3. The number of hydrogen-bond acceptors (Lipinski definition) is 3. The number of esters is 1. The second-order valence-corrected chi connectivity index (χ2v) is 5.72. The molecular weight excluding hydrogens is 190 g/mol. The summed E-state index contributed by atoms with van der Waals surface area (Å²) in [6, 6.07) is 0. The highest BCUT2D eigenvalue weighted by Gasteiger charge is 2.28. The Labute approximate surface area is 93.4 Å². The molecule has 0 aliphatic carbocycles. The van der Waals surface area contributed by atoms with Crippen molar-refractivity contribution in [3.8, 4) is 0 Å². The maximum Gasteiger partial charge on any atom is 0.319 e. The van der Waals surface area contributed by atoms with Crippen LogP contribution in [0.4, 0.5) is 0 Å². The third-order valence-corrected chi connectivity index (χ3v) is 2.70. The van der Waals surface area contributed by atoms with Crippen LogP contribution in [-0.2, 0) is 9.53 Å². The van der Waals surface area contributed by atoms with Gasteiger partial charge >= 0.3 is 5.97 Å². The summed E-state index contributed by atoms with van der Waals surface area (Å²) in [5, 5.41) is 0. The average molecular weight is 215 g/mol. The lowest BCUT2D eigenvalue weighted by atomic mass is 9.74. The first-order valence-corrected chi connectivity index (χ1v) is 5.58. The Kier molecular flexibility index (Phi) is 5.29. The molecule has 0 saturated heterocycles. The van der Waals surface area contributed by atoms with E-state index in [1.54, 1.807) is 0 Å². The summed E-state index contributed by atoms with van der Waals surface area (Å²) in [7, 11) is 0. The van der Waals surface area contributed by atoms with Gasteiger partial charge in [0.2, 0.25) is 0 Å². The van der Waals surface area contributed by atoms with Crippen molar-refractivity contribution < 1.29 is 9.53 Å². The van der Waals surface area contributed by atoms with E-state index in [1.807, 2.05) is 0 Å². The van der Waals surface area contributed by atoms with E-state index >= 15 is 0 Å². The monoisotopic (exact) mass is 215 g/mol. The van der Waals surface area contributed by atoms with E-state index in [0.29, 0.717) is 12.0 Å². The molecule has 0 aliphatic rings. The van der Waals surface area contributed by atoms with Gasteiger partial charge in [-0.05, 0) is 17.3 Å². The first-order chi connectivity index (χ1) is 6.72. The molecule has 0 unspecified atom stereocenters. The summed E-state index contributed by atoms with van der Waals surface area (Å²) in [5.41, 5.74) is 5.49. The minimum atomic E-state index is -0.322. The van der Waals surface area contributed by atoms with Gasteiger partial charge in [0.15, 0.2) is 0 Å². The van der Waals surface area contributed by atoms with Gasteiger partial charge in [0, 0.05) is 0 Å². The fourth-order valence-corrected chi connectivity index (χ4v) is 1.81. The third kappa shape index (κ3) is 6.50. The highest BCUT2D eigenvalue weighted by Crippen LogP contribution is 2.35. The van der Waals surface area contributed by atoms with Crippen molar-refractivity contribution in [1.82, 2.24) is 0 Å². The number of ether oxygens (including phenoxy) is 1. The van der Waals surface area contributed by atoms with Crippen LogP contribution in [0.5, 0.6) is 0 Å². The smallest absolute Gasteiger partial charge is 0.319 e. The van der Waals surface area contributed by atoms with Crippen molar-refractivity contribution in [1.29, 1.82) is 0 Å². The van der Waals surface area contributed by atoms with E-state index in [4.69, 9.17) is 10.5 Å². The highest BCUT2D eigenvalue weighted by atomic mass is 16.5. The lowest BCUT2D eigenvalue weighted by Crippen LogP contribution is -2.29. The van der Waals surface area contributed by atoms with Gasteiger partial charge in [-0.1, -0.05) is 41.0 Å². The molecule has 0 aromatic heterocycles. The standard InChI is InChI=1S/C12H25NO2/c1-6-11(2,3)8-12(4,5)9-15-10(14)7-13/h6-9,13H2,1-5H3. The Hall–Kier alpha value is -0.570. The SMILES string of the molecule is CCC(C)(C)CC(C)(C)COC(=O)CN. The molecule has 0 radical (unpaired) electrons. The molecule has 90 valence electrons. The topological polar surface area (TPSA) is 52.3 Å². The molecule has 3 nitrogen and oxygen atoms in total. The number of carbonyl (C=O) groups is 1. The zero-order chi connectivity index (χ0) is 12.1. The number of carbonyl (C=O) groups excluding carboxylic acids is 1. The average Bonchev–Trinajstić information content (AvgIpc) is 2.13. The van der Waals surface area contributed by atoms with Crippen LogP contribution in [0.2, 0.25) is 0 Å². The molecule has 0 aromatic rings. The maximum absolute atomic E-state index is 10.9. The first-order valence-electron chi connectivity index (χ1n) is 5.58. The molecule has 3 heteroatoms. The Morgan fingerprint density at radius 1 is 1.20 bits per heavy atom. The van der Waals surface area contributed by atoms with Crippen LogP contribution in [0, 0.1) is 10.8 Å². The van der Waals surface area contributed by atoms with Crippen molar-refractivity contribution in [2.24, 2.45) is 16.6 Å². The number of hydrogen-bond donors (Lipinski definition) is 1. The molecule has 0 atom stereocenters. The van der Waals surface area contributed by atoms with Crippen LogP contribution >= 0.6 is 0 Å². The predicted molar refractivity (Wildman–Crippen MR) is 62.5 cm³/mol. The maximum atomic E-state index is 10.9. The van der Waals surface area contributed by atoms with Crippen LogP contribution in [0.15, 0.2) is 0 Å². The van der Waals surface area contributed by atoms with E-state index in [-0.39, 0.29) is 17.9 Å². The van der Waals surface area contributed by atoms with Gasteiger partial charge in [-0.2, -0.15) is 0 Å². The van der Waals surface area contributed by atoms with Gasteiger partial charge in [-0.25, -0.2) is 0 Å². The number of nitrogens with two attached hydrogens (primary N) is 1. The summed E-state index contributed by atoms with van der Waals surface area (Å²) in [6.07, 6.45) is 2.16. The van der Waals surface area contributed by atoms with Crippen LogP contribution in [0.1, 0.15) is 47.5 Å². The number of rotatable bonds is 6. The van der Waals surface area contributed by atoms with Gasteiger partial charge in [0.05, 0.1) is 13.2 Å². The van der Waals surface area contributed by atoms with Crippen LogP contribution in [-0.4, -0.2) is 19.1 Å². The van der Waals surface area contributed by atoms with Gasteiger partial charge in [-0.15, -0.1) is 0 Å². The molecule has 0 bridgehead atoms. The quantitative estimate of drug-likeness (QED) is 0.692. The van der Waals surface area contributed by atoms with Crippen LogP contribution in [0.3, 0.4) is 0 Å². The summed E-state index contributed by atoms with van der Waals surface area (Å²) in [5.74, 6) is -0.322. The van der Waals surface area contributed by atoms with Gasteiger partial charge in [0.25, 0.3) is 0 Å². The fourth-order valence-electron chi connectivity index (χ4n) is 1.81. The van der Waals surface area contributed by atoms with E-state index in [2.05, 4.69) is 34.6 Å². The molecule has 15 heavy (non-hydrogen) atoms. The van der Waals surface area contributed by atoms with Crippen LogP contribution in [0.25, 0.3) is 0 Å². The molecule has 0 fully saturated rings. The van der Waals surface area contributed by atoms with E-state index in [1.165, 1.54) is 0 Å². The zero-order valence-corrected chi connectivity index (χ0v) is 10.7. The molecule has 0 aliphatic heterocycles. The molecule has 2 N–H and O–H groups in total. The first kappa shape index (κ1) is 14.4. The lowest BCUT2D eigenvalue weighted by molar-refractivity contribution is -0.145. The van der Waals surface area contributed by atoms with Gasteiger partial charge in [-0.3, -0.25) is 4.79 Å². The van der Waals surface area contributed by atoms with Crippen molar-refractivity contribution in [3.63, 3.8) is 0 Å². The van der Waals surface area contributed by atoms with Crippen molar-refractivity contribution in [2.75, 3.05) is 13.2 Å². The molecule has 0 saturated carbocycles. The Morgan fingerprint density at radius 2 is 1.73 bits per heavy atom. The van der Waals surface area contributed by atoms with Crippen molar-refractivity contribution >= 4 is 5.97 Å². The molecule has 0 heterocycles. The molecule has 0 rings (SSSR count). The van der Waals surface area contributed by atoms with Crippen LogP contribution < -0.4 is 5.73 Å².